The third kappa shape index (κ3) is 5.47. The lowest BCUT2D eigenvalue weighted by atomic mass is 10.2. The largest absolute Gasteiger partial charge is 0.424 e. The van der Waals surface area contributed by atoms with Gasteiger partial charge in [-0.15, -0.1) is 0 Å². The molecule has 0 atom stereocenters. The Bertz CT molecular complexity index is 597. The number of sulfone groups is 1. The van der Waals surface area contributed by atoms with Crippen LogP contribution in [0.15, 0.2) is 17.0 Å². The zero-order chi connectivity index (χ0) is 15.3. The Kier molecular flexibility index (Phi) is 7.19. The van der Waals surface area contributed by atoms with Gasteiger partial charge < -0.3 is 4.74 Å². The topological polar surface area (TPSA) is 60.4 Å². The van der Waals surface area contributed by atoms with Crippen LogP contribution in [-0.2, 0) is 14.6 Å². The fourth-order valence-electron chi connectivity index (χ4n) is 1.60. The summed E-state index contributed by atoms with van der Waals surface area (Å²) >= 11 is 4.02. The van der Waals surface area contributed by atoms with Crippen LogP contribution in [0.25, 0.3) is 0 Å². The number of unbranched alkanes of at least 4 members (excludes halogenated alkanes) is 2. The van der Waals surface area contributed by atoms with Crippen molar-refractivity contribution < 1.29 is 17.9 Å². The van der Waals surface area contributed by atoms with Crippen molar-refractivity contribution in [3.8, 4) is 5.75 Å². The second kappa shape index (κ2) is 7.92. The molecule has 0 aliphatic rings. The minimum absolute atomic E-state index is 0.0673. The number of rotatable bonds is 6. The highest BCUT2D eigenvalue weighted by Gasteiger charge is 2.20. The van der Waals surface area contributed by atoms with E-state index < -0.39 is 9.84 Å². The van der Waals surface area contributed by atoms with Crippen LogP contribution in [0.3, 0.4) is 0 Å². The summed E-state index contributed by atoms with van der Waals surface area (Å²) in [5.74, 6) is -0.238. The lowest BCUT2D eigenvalue weighted by Crippen LogP contribution is -2.12. The molecule has 0 aliphatic heterocycles. The second-order valence-electron chi connectivity index (χ2n) is 4.42. The number of benzene rings is 1. The Morgan fingerprint density at radius 3 is 2.45 bits per heavy atom. The van der Waals surface area contributed by atoms with E-state index in [1.165, 1.54) is 6.07 Å². The molecule has 0 unspecified atom stereocenters. The molecule has 0 fully saturated rings. The van der Waals surface area contributed by atoms with Crippen molar-refractivity contribution in [3.05, 3.63) is 19.3 Å². The molecule has 0 saturated carbocycles. The fraction of sp³-hybridized carbons (Fsp3) is 0.462. The molecule has 1 aromatic rings. The Hall–Kier alpha value is 0.1000. The average Bonchev–Trinajstić information content (AvgIpc) is 2.31. The summed E-state index contributed by atoms with van der Waals surface area (Å²) in [4.78, 5) is 11.8. The molecule has 1 rings (SSSR count). The maximum Gasteiger partial charge on any atom is 0.311 e. The number of halogens is 2. The lowest BCUT2D eigenvalue weighted by Gasteiger charge is -2.11. The van der Waals surface area contributed by atoms with Crippen molar-refractivity contribution in [1.82, 2.24) is 0 Å². The summed E-state index contributed by atoms with van der Waals surface area (Å²) in [6.45, 7) is 2.05. The van der Waals surface area contributed by atoms with Crippen LogP contribution in [-0.4, -0.2) is 20.6 Å². The Morgan fingerprint density at radius 1 is 1.25 bits per heavy atom. The van der Waals surface area contributed by atoms with Crippen molar-refractivity contribution in [2.24, 2.45) is 0 Å². The Morgan fingerprint density at radius 2 is 1.90 bits per heavy atom. The van der Waals surface area contributed by atoms with Gasteiger partial charge in [-0.25, -0.2) is 8.42 Å². The van der Waals surface area contributed by atoms with Crippen LogP contribution in [0.1, 0.15) is 32.6 Å². The van der Waals surface area contributed by atoms with E-state index in [1.54, 1.807) is 6.07 Å². The molecule has 112 valence electrons. The van der Waals surface area contributed by atoms with Gasteiger partial charge in [0, 0.05) is 16.2 Å². The molecule has 20 heavy (non-hydrogen) atoms. The molecule has 0 aliphatic carbocycles. The van der Waals surface area contributed by atoms with E-state index in [0.717, 1.165) is 29.1 Å². The Balaban J connectivity index is 3.03. The number of hydrogen-bond donors (Lipinski definition) is 0. The quantitative estimate of drug-likeness (QED) is 0.247. The summed E-state index contributed by atoms with van der Waals surface area (Å²) in [5.41, 5.74) is 0. The lowest BCUT2D eigenvalue weighted by molar-refractivity contribution is -0.134. The standard InChI is InChI=1S/C13H16I2O4S/c1-3-4-5-6-12(16)19-13-10(15)7-9(14)8-11(13)20(2,17)18/h7-8H,3-6H2,1-2H3. The van der Waals surface area contributed by atoms with Gasteiger partial charge in [0.25, 0.3) is 0 Å². The first-order valence-electron chi connectivity index (χ1n) is 6.15. The van der Waals surface area contributed by atoms with E-state index in [-0.39, 0.29) is 16.6 Å². The number of esters is 1. The maximum absolute atomic E-state index is 11.8. The highest BCUT2D eigenvalue weighted by atomic mass is 127. The molecule has 4 nitrogen and oxygen atoms in total. The molecule has 0 heterocycles. The highest BCUT2D eigenvalue weighted by Crippen LogP contribution is 2.32. The van der Waals surface area contributed by atoms with Gasteiger partial charge in [-0.1, -0.05) is 19.8 Å². The molecule has 0 radical (unpaired) electrons. The number of ether oxygens (including phenoxy) is 1. The number of carbonyl (C=O) groups excluding carboxylic acids is 1. The minimum atomic E-state index is -3.44. The SMILES string of the molecule is CCCCCC(=O)Oc1c(I)cc(I)cc1S(C)(=O)=O. The van der Waals surface area contributed by atoms with Crippen LogP contribution in [0.2, 0.25) is 0 Å². The molecule has 0 N–H and O–H groups in total. The molecular weight excluding hydrogens is 506 g/mol. The Labute approximate surface area is 146 Å². The van der Waals surface area contributed by atoms with Gasteiger partial charge in [0.2, 0.25) is 0 Å². The van der Waals surface area contributed by atoms with Gasteiger partial charge in [0.05, 0.1) is 3.57 Å². The van der Waals surface area contributed by atoms with E-state index in [0.29, 0.717) is 9.99 Å². The number of hydrogen-bond acceptors (Lipinski definition) is 4. The van der Waals surface area contributed by atoms with Gasteiger partial charge in [-0.3, -0.25) is 4.79 Å². The molecule has 0 amide bonds. The van der Waals surface area contributed by atoms with Crippen molar-refractivity contribution >= 4 is 61.0 Å². The van der Waals surface area contributed by atoms with Gasteiger partial charge in [0.15, 0.2) is 15.6 Å². The third-order valence-electron chi connectivity index (χ3n) is 2.57. The summed E-state index contributed by atoms with van der Waals surface area (Å²) in [7, 11) is -3.44. The van der Waals surface area contributed by atoms with Crippen molar-refractivity contribution in [2.75, 3.05) is 6.26 Å². The highest BCUT2D eigenvalue weighted by molar-refractivity contribution is 14.1. The van der Waals surface area contributed by atoms with Gasteiger partial charge in [-0.2, -0.15) is 0 Å². The predicted octanol–water partition coefficient (Wildman–Crippen LogP) is 3.79. The van der Waals surface area contributed by atoms with E-state index in [4.69, 9.17) is 4.74 Å². The summed E-state index contributed by atoms with van der Waals surface area (Å²) in [6, 6.07) is 3.30. The van der Waals surface area contributed by atoms with Crippen LogP contribution in [0, 0.1) is 7.14 Å². The summed E-state index contributed by atoms with van der Waals surface area (Å²) in [5, 5.41) is 0. The first-order chi connectivity index (χ1) is 9.25. The van der Waals surface area contributed by atoms with E-state index >= 15 is 0 Å². The molecule has 0 spiro atoms. The van der Waals surface area contributed by atoms with Gasteiger partial charge >= 0.3 is 5.97 Å². The van der Waals surface area contributed by atoms with Crippen LogP contribution in [0.5, 0.6) is 5.75 Å². The van der Waals surface area contributed by atoms with E-state index in [2.05, 4.69) is 6.92 Å². The molecular formula is C13H16I2O4S. The smallest absolute Gasteiger partial charge is 0.311 e. The van der Waals surface area contributed by atoms with Crippen molar-refractivity contribution in [2.45, 2.75) is 37.5 Å². The van der Waals surface area contributed by atoms with Crippen molar-refractivity contribution in [3.63, 3.8) is 0 Å². The molecule has 0 saturated heterocycles. The monoisotopic (exact) mass is 522 g/mol. The van der Waals surface area contributed by atoms with E-state index in [1.807, 2.05) is 45.2 Å². The zero-order valence-corrected chi connectivity index (χ0v) is 16.4. The summed E-state index contributed by atoms with van der Waals surface area (Å²) < 4.78 is 30.3. The molecule has 0 aromatic heterocycles. The normalized spacial score (nSPS) is 11.4. The van der Waals surface area contributed by atoms with Gasteiger partial charge in [-0.05, 0) is 63.7 Å². The first-order valence-corrected chi connectivity index (χ1v) is 10.2. The second-order valence-corrected chi connectivity index (χ2v) is 8.81. The summed E-state index contributed by atoms with van der Waals surface area (Å²) in [6.07, 6.45) is 4.15. The average molecular weight is 522 g/mol. The minimum Gasteiger partial charge on any atom is -0.424 e. The maximum atomic E-state index is 11.8. The van der Waals surface area contributed by atoms with Crippen molar-refractivity contribution in [1.29, 1.82) is 0 Å². The fourth-order valence-corrected chi connectivity index (χ4v) is 4.77. The van der Waals surface area contributed by atoms with Gasteiger partial charge in [0.1, 0.15) is 4.90 Å². The first kappa shape index (κ1) is 18.1. The predicted molar refractivity (Wildman–Crippen MR) is 94.8 cm³/mol. The number of carbonyl (C=O) groups is 1. The van der Waals surface area contributed by atoms with E-state index in [9.17, 15) is 13.2 Å². The molecule has 1 aromatic carbocycles. The van der Waals surface area contributed by atoms with Crippen LogP contribution >= 0.6 is 45.2 Å². The third-order valence-corrected chi connectivity index (χ3v) is 5.10. The van der Waals surface area contributed by atoms with Crippen LogP contribution in [0.4, 0.5) is 0 Å². The zero-order valence-electron chi connectivity index (χ0n) is 11.3. The molecule has 7 heteroatoms. The molecule has 0 bridgehead atoms. The van der Waals surface area contributed by atoms with Crippen LogP contribution < -0.4 is 4.74 Å².